The first-order chi connectivity index (χ1) is 10.1. The van der Waals surface area contributed by atoms with Gasteiger partial charge in [0, 0.05) is 24.2 Å². The molecule has 0 bridgehead atoms. The van der Waals surface area contributed by atoms with Crippen LogP contribution in [0.4, 0.5) is 0 Å². The van der Waals surface area contributed by atoms with E-state index in [1.807, 2.05) is 4.90 Å². The molecule has 1 heterocycles. The van der Waals surface area contributed by atoms with Crippen LogP contribution in [0.15, 0.2) is 18.2 Å². The summed E-state index contributed by atoms with van der Waals surface area (Å²) < 4.78 is 0. The van der Waals surface area contributed by atoms with Crippen molar-refractivity contribution in [3.05, 3.63) is 33.8 Å². The van der Waals surface area contributed by atoms with Crippen molar-refractivity contribution in [1.29, 1.82) is 0 Å². The third kappa shape index (κ3) is 3.71. The second-order valence-corrected chi connectivity index (χ2v) is 6.78. The van der Waals surface area contributed by atoms with E-state index in [9.17, 15) is 4.79 Å². The smallest absolute Gasteiger partial charge is 0.254 e. The van der Waals surface area contributed by atoms with Crippen LogP contribution in [0.2, 0.25) is 10.0 Å². The van der Waals surface area contributed by atoms with E-state index in [2.05, 4.69) is 5.32 Å². The zero-order chi connectivity index (χ0) is 14.8. The number of nitrogens with zero attached hydrogens (tertiary/aromatic N) is 1. The number of nitrogens with one attached hydrogen (secondary N) is 1. The van der Waals surface area contributed by atoms with Gasteiger partial charge in [-0.1, -0.05) is 29.6 Å². The number of halogens is 2. The summed E-state index contributed by atoms with van der Waals surface area (Å²) in [6.07, 6.45) is 5.86. The Hall–Kier alpha value is -0.770. The molecular formula is C16H20Cl2N2O. The van der Waals surface area contributed by atoms with Gasteiger partial charge in [0.05, 0.1) is 10.0 Å². The van der Waals surface area contributed by atoms with Crippen molar-refractivity contribution in [2.75, 3.05) is 13.1 Å². The van der Waals surface area contributed by atoms with Crippen molar-refractivity contribution < 1.29 is 4.79 Å². The molecule has 1 aliphatic carbocycles. The molecule has 1 atom stereocenters. The molecule has 21 heavy (non-hydrogen) atoms. The van der Waals surface area contributed by atoms with E-state index in [-0.39, 0.29) is 5.91 Å². The fraction of sp³-hybridized carbons (Fsp3) is 0.562. The molecule has 1 aromatic carbocycles. The van der Waals surface area contributed by atoms with Gasteiger partial charge >= 0.3 is 0 Å². The number of hydrogen-bond acceptors (Lipinski definition) is 2. The molecule has 1 saturated carbocycles. The molecule has 2 fully saturated rings. The molecule has 114 valence electrons. The lowest BCUT2D eigenvalue weighted by molar-refractivity contribution is 0.0718. The summed E-state index contributed by atoms with van der Waals surface area (Å²) in [6.45, 7) is 1.86. The molecule has 2 aliphatic rings. The fourth-order valence-corrected chi connectivity index (χ4v) is 3.19. The van der Waals surface area contributed by atoms with Crippen LogP contribution in [0.1, 0.15) is 42.5 Å². The predicted octanol–water partition coefficient (Wildman–Crippen LogP) is 3.74. The number of carbonyl (C=O) groups is 1. The summed E-state index contributed by atoms with van der Waals surface area (Å²) in [6, 6.07) is 5.96. The summed E-state index contributed by atoms with van der Waals surface area (Å²) >= 11 is 12.0. The molecule has 1 aliphatic heterocycles. The highest BCUT2D eigenvalue weighted by Crippen LogP contribution is 2.30. The number of hydrogen-bond donors (Lipinski definition) is 1. The highest BCUT2D eigenvalue weighted by molar-refractivity contribution is 6.42. The Morgan fingerprint density at radius 1 is 1.19 bits per heavy atom. The molecule has 1 N–H and O–H groups in total. The van der Waals surface area contributed by atoms with Crippen molar-refractivity contribution in [3.63, 3.8) is 0 Å². The summed E-state index contributed by atoms with van der Waals surface area (Å²) in [5, 5.41) is 4.44. The van der Waals surface area contributed by atoms with Crippen LogP contribution in [0.25, 0.3) is 0 Å². The van der Waals surface area contributed by atoms with E-state index < -0.39 is 0 Å². The van der Waals surface area contributed by atoms with E-state index in [0.717, 1.165) is 32.4 Å². The Bertz CT molecular complexity index is 525. The molecule has 3 rings (SSSR count). The van der Waals surface area contributed by atoms with E-state index in [0.29, 0.717) is 27.7 Å². The van der Waals surface area contributed by atoms with E-state index in [1.165, 1.54) is 12.8 Å². The van der Waals surface area contributed by atoms with Gasteiger partial charge < -0.3 is 10.2 Å². The molecule has 3 nitrogen and oxygen atoms in total. The average Bonchev–Trinajstić information content (AvgIpc) is 3.33. The fourth-order valence-electron chi connectivity index (χ4n) is 2.90. The summed E-state index contributed by atoms with van der Waals surface area (Å²) in [4.78, 5) is 14.8. The zero-order valence-electron chi connectivity index (χ0n) is 11.9. The van der Waals surface area contributed by atoms with Gasteiger partial charge in [0.25, 0.3) is 5.91 Å². The molecule has 0 spiro atoms. The molecule has 1 unspecified atom stereocenters. The predicted molar refractivity (Wildman–Crippen MR) is 86.2 cm³/mol. The van der Waals surface area contributed by atoms with Crippen LogP contribution in [0, 0.1) is 0 Å². The van der Waals surface area contributed by atoms with Crippen LogP contribution in [0.5, 0.6) is 0 Å². The van der Waals surface area contributed by atoms with Crippen LogP contribution in [-0.2, 0) is 0 Å². The topological polar surface area (TPSA) is 32.3 Å². The monoisotopic (exact) mass is 326 g/mol. The van der Waals surface area contributed by atoms with Crippen molar-refractivity contribution >= 4 is 29.1 Å². The zero-order valence-corrected chi connectivity index (χ0v) is 13.5. The minimum Gasteiger partial charge on any atom is -0.334 e. The summed E-state index contributed by atoms with van der Waals surface area (Å²) in [5.74, 6) is 0.0726. The van der Waals surface area contributed by atoms with Crippen LogP contribution >= 0.6 is 23.2 Å². The van der Waals surface area contributed by atoms with Gasteiger partial charge in [0.2, 0.25) is 0 Å². The first kappa shape index (κ1) is 15.1. The molecule has 5 heteroatoms. The first-order valence-electron chi connectivity index (χ1n) is 7.64. The Balaban J connectivity index is 1.73. The van der Waals surface area contributed by atoms with Gasteiger partial charge in [-0.3, -0.25) is 4.79 Å². The Labute approximate surface area is 135 Å². The van der Waals surface area contributed by atoms with E-state index in [4.69, 9.17) is 23.2 Å². The molecule has 0 aromatic heterocycles. The molecule has 0 radical (unpaired) electrons. The van der Waals surface area contributed by atoms with Gasteiger partial charge in [-0.2, -0.15) is 0 Å². The summed E-state index contributed by atoms with van der Waals surface area (Å²) in [5.41, 5.74) is 0.632. The Morgan fingerprint density at radius 3 is 2.62 bits per heavy atom. The maximum Gasteiger partial charge on any atom is 0.254 e. The standard InChI is InChI=1S/C16H20Cl2N2O/c17-14-7-4-11(9-15(14)18)16(21)20(13-5-6-13)10-12-3-1-2-8-19-12/h4,7,9,12-13,19H,1-3,5-6,8,10H2. The van der Waals surface area contributed by atoms with Gasteiger partial charge in [-0.15, -0.1) is 0 Å². The Morgan fingerprint density at radius 2 is 2.00 bits per heavy atom. The minimum absolute atomic E-state index is 0.0726. The van der Waals surface area contributed by atoms with Gasteiger partial charge in [0.15, 0.2) is 0 Å². The van der Waals surface area contributed by atoms with Gasteiger partial charge in [-0.05, 0) is 50.4 Å². The second kappa shape index (κ2) is 6.55. The normalized spacial score (nSPS) is 22.1. The van der Waals surface area contributed by atoms with Crippen molar-refractivity contribution in [1.82, 2.24) is 10.2 Å². The number of rotatable bonds is 4. The largest absolute Gasteiger partial charge is 0.334 e. The van der Waals surface area contributed by atoms with Crippen molar-refractivity contribution in [2.24, 2.45) is 0 Å². The van der Waals surface area contributed by atoms with Crippen molar-refractivity contribution in [3.8, 4) is 0 Å². The molecular weight excluding hydrogens is 307 g/mol. The average molecular weight is 327 g/mol. The first-order valence-corrected chi connectivity index (χ1v) is 8.40. The van der Waals surface area contributed by atoms with E-state index >= 15 is 0 Å². The van der Waals surface area contributed by atoms with Gasteiger partial charge in [0.1, 0.15) is 0 Å². The second-order valence-electron chi connectivity index (χ2n) is 5.96. The lowest BCUT2D eigenvalue weighted by atomic mass is 10.0. The number of amides is 1. The molecule has 1 saturated heterocycles. The number of piperidine rings is 1. The maximum atomic E-state index is 12.8. The number of carbonyl (C=O) groups excluding carboxylic acids is 1. The lowest BCUT2D eigenvalue weighted by Crippen LogP contribution is -2.46. The van der Waals surface area contributed by atoms with Gasteiger partial charge in [-0.25, -0.2) is 0 Å². The minimum atomic E-state index is 0.0726. The maximum absolute atomic E-state index is 12.8. The van der Waals surface area contributed by atoms with Crippen LogP contribution < -0.4 is 5.32 Å². The quantitative estimate of drug-likeness (QED) is 0.914. The molecule has 1 aromatic rings. The SMILES string of the molecule is O=C(c1ccc(Cl)c(Cl)c1)N(CC1CCCCN1)C1CC1. The van der Waals surface area contributed by atoms with E-state index in [1.54, 1.807) is 18.2 Å². The van der Waals surface area contributed by atoms with Crippen LogP contribution in [0.3, 0.4) is 0 Å². The Kier molecular flexibility index (Phi) is 4.72. The van der Waals surface area contributed by atoms with Crippen LogP contribution in [-0.4, -0.2) is 36.0 Å². The number of benzene rings is 1. The third-order valence-corrected chi connectivity index (χ3v) is 4.98. The highest BCUT2D eigenvalue weighted by atomic mass is 35.5. The van der Waals surface area contributed by atoms with Crippen molar-refractivity contribution in [2.45, 2.75) is 44.2 Å². The lowest BCUT2D eigenvalue weighted by Gasteiger charge is -2.31. The molecule has 1 amide bonds. The highest BCUT2D eigenvalue weighted by Gasteiger charge is 2.34. The third-order valence-electron chi connectivity index (χ3n) is 4.24. The summed E-state index contributed by atoms with van der Waals surface area (Å²) in [7, 11) is 0.